The summed E-state index contributed by atoms with van der Waals surface area (Å²) in [6, 6.07) is 6.32. The van der Waals surface area contributed by atoms with E-state index < -0.39 is 0 Å². The SMILES string of the molecule is CC/C(=C/CNCc1ccc(F)cc1)C(=O)OC. The second-order valence-corrected chi connectivity index (χ2v) is 3.83. The third-order valence-corrected chi connectivity index (χ3v) is 2.56. The van der Waals surface area contributed by atoms with Crippen molar-refractivity contribution in [3.8, 4) is 0 Å². The molecule has 0 saturated heterocycles. The fourth-order valence-corrected chi connectivity index (χ4v) is 1.52. The lowest BCUT2D eigenvalue weighted by atomic mass is 10.2. The van der Waals surface area contributed by atoms with Crippen molar-refractivity contribution in [2.45, 2.75) is 19.9 Å². The third kappa shape index (κ3) is 4.67. The first-order valence-corrected chi connectivity index (χ1v) is 5.90. The van der Waals surface area contributed by atoms with Crippen molar-refractivity contribution in [1.82, 2.24) is 5.32 Å². The molecule has 0 aliphatic carbocycles. The number of hydrogen-bond donors (Lipinski definition) is 1. The van der Waals surface area contributed by atoms with Crippen LogP contribution in [-0.4, -0.2) is 19.6 Å². The van der Waals surface area contributed by atoms with Crippen molar-refractivity contribution < 1.29 is 13.9 Å². The summed E-state index contributed by atoms with van der Waals surface area (Å²) in [6.45, 7) is 3.12. The first-order valence-electron chi connectivity index (χ1n) is 5.90. The molecule has 0 fully saturated rings. The molecule has 18 heavy (non-hydrogen) atoms. The molecule has 0 radical (unpaired) electrons. The fourth-order valence-electron chi connectivity index (χ4n) is 1.52. The summed E-state index contributed by atoms with van der Waals surface area (Å²) in [5.74, 6) is -0.529. The molecular weight excluding hydrogens is 233 g/mol. The van der Waals surface area contributed by atoms with Gasteiger partial charge in [0.15, 0.2) is 0 Å². The highest BCUT2D eigenvalue weighted by molar-refractivity contribution is 5.88. The first-order chi connectivity index (χ1) is 8.67. The normalized spacial score (nSPS) is 11.4. The summed E-state index contributed by atoms with van der Waals surface area (Å²) < 4.78 is 17.3. The van der Waals surface area contributed by atoms with E-state index in [1.807, 2.05) is 13.0 Å². The van der Waals surface area contributed by atoms with E-state index in [-0.39, 0.29) is 11.8 Å². The van der Waals surface area contributed by atoms with E-state index in [0.29, 0.717) is 25.1 Å². The molecular formula is C14H18FNO2. The maximum atomic E-state index is 12.7. The Hall–Kier alpha value is -1.68. The molecule has 0 heterocycles. The minimum atomic E-state index is -0.291. The standard InChI is InChI=1S/C14H18FNO2/c1-3-12(14(17)18-2)8-9-16-10-11-4-6-13(15)7-5-11/h4-8,16H,3,9-10H2,1-2H3/b12-8-. The highest BCUT2D eigenvalue weighted by Gasteiger charge is 2.05. The number of carbonyl (C=O) groups excluding carboxylic acids is 1. The Morgan fingerprint density at radius 3 is 2.61 bits per heavy atom. The molecule has 0 aliphatic rings. The Morgan fingerprint density at radius 2 is 2.06 bits per heavy atom. The van der Waals surface area contributed by atoms with Crippen molar-refractivity contribution in [2.75, 3.05) is 13.7 Å². The third-order valence-electron chi connectivity index (χ3n) is 2.56. The van der Waals surface area contributed by atoms with Gasteiger partial charge in [0, 0.05) is 18.7 Å². The Kier molecular flexibility index (Phi) is 6.08. The van der Waals surface area contributed by atoms with Crippen molar-refractivity contribution in [1.29, 1.82) is 0 Å². The van der Waals surface area contributed by atoms with Crippen LogP contribution >= 0.6 is 0 Å². The predicted octanol–water partition coefficient (Wildman–Crippen LogP) is 2.42. The van der Waals surface area contributed by atoms with Crippen LogP contribution in [0.1, 0.15) is 18.9 Å². The zero-order valence-corrected chi connectivity index (χ0v) is 10.7. The van der Waals surface area contributed by atoms with Gasteiger partial charge in [-0.15, -0.1) is 0 Å². The van der Waals surface area contributed by atoms with E-state index in [2.05, 4.69) is 10.1 Å². The van der Waals surface area contributed by atoms with Gasteiger partial charge in [0.25, 0.3) is 0 Å². The van der Waals surface area contributed by atoms with Gasteiger partial charge in [0.2, 0.25) is 0 Å². The van der Waals surface area contributed by atoms with Crippen molar-refractivity contribution in [3.05, 3.63) is 47.3 Å². The molecule has 0 amide bonds. The first kappa shape index (κ1) is 14.4. The van der Waals surface area contributed by atoms with E-state index in [1.54, 1.807) is 12.1 Å². The van der Waals surface area contributed by atoms with E-state index in [4.69, 9.17) is 0 Å². The molecule has 0 atom stereocenters. The number of hydrogen-bond acceptors (Lipinski definition) is 3. The van der Waals surface area contributed by atoms with Crippen LogP contribution in [0.4, 0.5) is 4.39 Å². The Morgan fingerprint density at radius 1 is 1.39 bits per heavy atom. The minimum absolute atomic E-state index is 0.238. The smallest absolute Gasteiger partial charge is 0.333 e. The average Bonchev–Trinajstić information content (AvgIpc) is 2.40. The molecule has 0 bridgehead atoms. The van der Waals surface area contributed by atoms with Crippen LogP contribution in [0.5, 0.6) is 0 Å². The van der Waals surface area contributed by atoms with Crippen LogP contribution in [0, 0.1) is 5.82 Å². The summed E-state index contributed by atoms with van der Waals surface area (Å²) in [5.41, 5.74) is 1.66. The van der Waals surface area contributed by atoms with Crippen LogP contribution in [0.15, 0.2) is 35.9 Å². The summed E-state index contributed by atoms with van der Waals surface area (Å²) in [5, 5.41) is 3.16. The van der Waals surface area contributed by atoms with Gasteiger partial charge in [0.1, 0.15) is 5.82 Å². The Labute approximate surface area is 107 Å². The number of rotatable bonds is 6. The molecule has 0 aromatic heterocycles. The second-order valence-electron chi connectivity index (χ2n) is 3.83. The molecule has 98 valence electrons. The molecule has 1 aromatic rings. The monoisotopic (exact) mass is 251 g/mol. The van der Waals surface area contributed by atoms with E-state index in [9.17, 15) is 9.18 Å². The predicted molar refractivity (Wildman–Crippen MR) is 68.5 cm³/mol. The van der Waals surface area contributed by atoms with Crippen molar-refractivity contribution >= 4 is 5.97 Å². The van der Waals surface area contributed by atoms with Gasteiger partial charge in [-0.25, -0.2) is 9.18 Å². The Bertz CT molecular complexity index is 412. The highest BCUT2D eigenvalue weighted by Crippen LogP contribution is 2.03. The molecule has 0 aliphatic heterocycles. The maximum Gasteiger partial charge on any atom is 0.333 e. The lowest BCUT2D eigenvalue weighted by Crippen LogP contribution is -2.15. The average molecular weight is 251 g/mol. The summed E-state index contributed by atoms with van der Waals surface area (Å²) in [6.07, 6.45) is 2.46. The zero-order chi connectivity index (χ0) is 13.4. The van der Waals surface area contributed by atoms with Crippen LogP contribution in [0.25, 0.3) is 0 Å². The minimum Gasteiger partial charge on any atom is -0.466 e. The van der Waals surface area contributed by atoms with Gasteiger partial charge < -0.3 is 10.1 Å². The van der Waals surface area contributed by atoms with Gasteiger partial charge in [-0.1, -0.05) is 25.1 Å². The molecule has 1 N–H and O–H groups in total. The van der Waals surface area contributed by atoms with Crippen LogP contribution in [-0.2, 0) is 16.1 Å². The molecule has 0 spiro atoms. The highest BCUT2D eigenvalue weighted by atomic mass is 19.1. The molecule has 1 rings (SSSR count). The van der Waals surface area contributed by atoms with E-state index >= 15 is 0 Å². The molecule has 0 unspecified atom stereocenters. The van der Waals surface area contributed by atoms with Crippen molar-refractivity contribution in [3.63, 3.8) is 0 Å². The zero-order valence-electron chi connectivity index (χ0n) is 10.7. The van der Waals surface area contributed by atoms with Crippen LogP contribution in [0.2, 0.25) is 0 Å². The maximum absolute atomic E-state index is 12.7. The van der Waals surface area contributed by atoms with Gasteiger partial charge >= 0.3 is 5.97 Å². The number of ether oxygens (including phenoxy) is 1. The molecule has 3 nitrogen and oxygen atoms in total. The Balaban J connectivity index is 2.39. The number of esters is 1. The van der Waals surface area contributed by atoms with E-state index in [1.165, 1.54) is 19.2 Å². The van der Waals surface area contributed by atoms with Crippen LogP contribution in [0.3, 0.4) is 0 Å². The van der Waals surface area contributed by atoms with Crippen LogP contribution < -0.4 is 5.32 Å². The van der Waals surface area contributed by atoms with Gasteiger partial charge in [-0.3, -0.25) is 0 Å². The van der Waals surface area contributed by atoms with Gasteiger partial charge in [0.05, 0.1) is 7.11 Å². The molecule has 0 saturated carbocycles. The lowest BCUT2D eigenvalue weighted by molar-refractivity contribution is -0.136. The number of carbonyl (C=O) groups is 1. The molecule has 4 heteroatoms. The summed E-state index contributed by atoms with van der Waals surface area (Å²) in [7, 11) is 1.37. The number of halogens is 1. The van der Waals surface area contributed by atoms with Gasteiger partial charge in [-0.05, 0) is 24.1 Å². The van der Waals surface area contributed by atoms with E-state index in [0.717, 1.165) is 5.56 Å². The molecule has 1 aromatic carbocycles. The fraction of sp³-hybridized carbons (Fsp3) is 0.357. The van der Waals surface area contributed by atoms with Gasteiger partial charge in [-0.2, -0.15) is 0 Å². The number of methoxy groups -OCH3 is 1. The summed E-state index contributed by atoms with van der Waals surface area (Å²) in [4.78, 5) is 11.3. The quantitative estimate of drug-likeness (QED) is 0.479. The largest absolute Gasteiger partial charge is 0.466 e. The number of benzene rings is 1. The van der Waals surface area contributed by atoms with Crippen molar-refractivity contribution in [2.24, 2.45) is 0 Å². The second kappa shape index (κ2) is 7.61. The summed E-state index contributed by atoms with van der Waals surface area (Å²) >= 11 is 0. The topological polar surface area (TPSA) is 38.3 Å². The lowest BCUT2D eigenvalue weighted by Gasteiger charge is -2.04. The number of nitrogens with one attached hydrogen (secondary N) is 1.